The topological polar surface area (TPSA) is 32.8 Å². The average molecular weight is 453 g/mol. The Bertz CT molecular complexity index is 823. The molecule has 0 spiro atoms. The Morgan fingerprint density at radius 2 is 1.88 bits per heavy atom. The van der Waals surface area contributed by atoms with Crippen LogP contribution in [0.15, 0.2) is 46.3 Å². The Kier molecular flexibility index (Phi) is 8.51. The molecular weight excluding hydrogens is 408 g/mol. The monoisotopic (exact) mass is 452 g/mol. The SMILES string of the molecule is COC1=C(CCN2CCC(C/C(C)=C/C(C)=C3\CCN(CC4CC4)C3=O)CC2)CCCC=C1. The van der Waals surface area contributed by atoms with E-state index in [1.165, 1.54) is 74.8 Å². The summed E-state index contributed by atoms with van der Waals surface area (Å²) in [5.41, 5.74) is 5.19. The molecule has 4 aliphatic rings. The second kappa shape index (κ2) is 11.6. The van der Waals surface area contributed by atoms with E-state index in [9.17, 15) is 4.79 Å². The van der Waals surface area contributed by atoms with Crippen LogP contribution >= 0.6 is 0 Å². The molecule has 4 rings (SSSR count). The molecule has 0 unspecified atom stereocenters. The van der Waals surface area contributed by atoms with Crippen LogP contribution < -0.4 is 0 Å². The summed E-state index contributed by atoms with van der Waals surface area (Å²) in [5.74, 6) is 2.95. The van der Waals surface area contributed by atoms with Crippen LogP contribution in [0.25, 0.3) is 0 Å². The molecule has 2 aliphatic heterocycles. The first-order chi connectivity index (χ1) is 16.0. The molecule has 0 atom stereocenters. The molecule has 2 heterocycles. The van der Waals surface area contributed by atoms with Crippen molar-refractivity contribution in [3.8, 4) is 0 Å². The number of amides is 1. The van der Waals surface area contributed by atoms with Gasteiger partial charge in [0.1, 0.15) is 5.76 Å². The average Bonchev–Trinajstić information content (AvgIpc) is 3.59. The Balaban J connectivity index is 1.22. The third-order valence-electron chi connectivity index (χ3n) is 8.03. The molecule has 0 aromatic carbocycles. The first-order valence-electron chi connectivity index (χ1n) is 13.3. The fraction of sp³-hybridized carbons (Fsp3) is 0.690. The van der Waals surface area contributed by atoms with Gasteiger partial charge in [0.15, 0.2) is 0 Å². The van der Waals surface area contributed by atoms with E-state index < -0.39 is 0 Å². The predicted octanol–water partition coefficient (Wildman–Crippen LogP) is 6.02. The molecule has 0 N–H and O–H groups in total. The van der Waals surface area contributed by atoms with Crippen molar-refractivity contribution in [1.29, 1.82) is 0 Å². The lowest BCUT2D eigenvalue weighted by Crippen LogP contribution is -2.34. The summed E-state index contributed by atoms with van der Waals surface area (Å²) in [6.07, 6.45) is 18.7. The number of hydrogen-bond donors (Lipinski definition) is 0. The maximum atomic E-state index is 12.8. The van der Waals surface area contributed by atoms with Gasteiger partial charge in [0.05, 0.1) is 7.11 Å². The van der Waals surface area contributed by atoms with E-state index in [1.54, 1.807) is 7.11 Å². The van der Waals surface area contributed by atoms with Gasteiger partial charge >= 0.3 is 0 Å². The highest BCUT2D eigenvalue weighted by molar-refractivity contribution is 5.96. The molecule has 182 valence electrons. The van der Waals surface area contributed by atoms with Crippen LogP contribution in [0.5, 0.6) is 0 Å². The zero-order chi connectivity index (χ0) is 23.2. The van der Waals surface area contributed by atoms with Gasteiger partial charge in [-0.1, -0.05) is 17.7 Å². The molecular formula is C29H44N2O2. The summed E-state index contributed by atoms with van der Waals surface area (Å²) in [6.45, 7) is 9.88. The van der Waals surface area contributed by atoms with Crippen molar-refractivity contribution in [3.63, 3.8) is 0 Å². The summed E-state index contributed by atoms with van der Waals surface area (Å²) in [4.78, 5) is 17.5. The quantitative estimate of drug-likeness (QED) is 0.401. The Hall–Kier alpha value is -1.81. The van der Waals surface area contributed by atoms with Gasteiger partial charge in [0, 0.05) is 25.2 Å². The van der Waals surface area contributed by atoms with Gasteiger partial charge in [0.2, 0.25) is 5.91 Å². The van der Waals surface area contributed by atoms with Crippen molar-refractivity contribution < 1.29 is 9.53 Å². The lowest BCUT2D eigenvalue weighted by atomic mass is 9.89. The Morgan fingerprint density at radius 1 is 1.09 bits per heavy atom. The molecule has 0 aromatic heterocycles. The van der Waals surface area contributed by atoms with E-state index in [0.29, 0.717) is 5.91 Å². The highest BCUT2D eigenvalue weighted by atomic mass is 16.5. The third kappa shape index (κ3) is 6.85. The number of allylic oxidation sites excluding steroid dienone is 5. The lowest BCUT2D eigenvalue weighted by Gasteiger charge is -2.32. The summed E-state index contributed by atoms with van der Waals surface area (Å²) in [7, 11) is 1.80. The van der Waals surface area contributed by atoms with Crippen molar-refractivity contribution in [1.82, 2.24) is 9.80 Å². The minimum absolute atomic E-state index is 0.299. The number of hydrogen-bond acceptors (Lipinski definition) is 3. The Labute approximate surface area is 201 Å². The van der Waals surface area contributed by atoms with Crippen LogP contribution in [0, 0.1) is 11.8 Å². The zero-order valence-electron chi connectivity index (χ0n) is 21.2. The number of carbonyl (C=O) groups is 1. The van der Waals surface area contributed by atoms with Crippen LogP contribution in [-0.2, 0) is 9.53 Å². The zero-order valence-corrected chi connectivity index (χ0v) is 21.2. The van der Waals surface area contributed by atoms with Gasteiger partial charge in [0.25, 0.3) is 0 Å². The van der Waals surface area contributed by atoms with Gasteiger partial charge in [-0.25, -0.2) is 0 Å². The summed E-state index contributed by atoms with van der Waals surface area (Å²) >= 11 is 0. The van der Waals surface area contributed by atoms with Gasteiger partial charge in [-0.2, -0.15) is 0 Å². The first-order valence-corrected chi connectivity index (χ1v) is 13.3. The number of ether oxygens (including phenoxy) is 1. The van der Waals surface area contributed by atoms with E-state index >= 15 is 0 Å². The van der Waals surface area contributed by atoms with E-state index in [4.69, 9.17) is 4.74 Å². The van der Waals surface area contributed by atoms with Crippen LogP contribution in [0.2, 0.25) is 0 Å². The highest BCUT2D eigenvalue weighted by Gasteiger charge is 2.32. The summed E-state index contributed by atoms with van der Waals surface area (Å²) in [5, 5.41) is 0. The molecule has 0 radical (unpaired) electrons. The molecule has 1 saturated carbocycles. The summed E-state index contributed by atoms with van der Waals surface area (Å²) < 4.78 is 5.63. The van der Waals surface area contributed by atoms with Gasteiger partial charge in [-0.3, -0.25) is 4.79 Å². The van der Waals surface area contributed by atoms with E-state index in [2.05, 4.69) is 41.9 Å². The molecule has 2 saturated heterocycles. The number of methoxy groups -OCH3 is 1. The van der Waals surface area contributed by atoms with Crippen molar-refractivity contribution in [2.75, 3.05) is 39.8 Å². The van der Waals surface area contributed by atoms with Crippen molar-refractivity contribution in [2.24, 2.45) is 11.8 Å². The third-order valence-corrected chi connectivity index (χ3v) is 8.03. The molecule has 33 heavy (non-hydrogen) atoms. The highest BCUT2D eigenvalue weighted by Crippen LogP contribution is 2.33. The van der Waals surface area contributed by atoms with E-state index in [1.807, 2.05) is 0 Å². The fourth-order valence-corrected chi connectivity index (χ4v) is 5.80. The van der Waals surface area contributed by atoms with Crippen LogP contribution in [0.4, 0.5) is 0 Å². The second-order valence-electron chi connectivity index (χ2n) is 10.8. The molecule has 1 amide bonds. The second-order valence-corrected chi connectivity index (χ2v) is 10.8. The maximum absolute atomic E-state index is 12.8. The van der Waals surface area contributed by atoms with Crippen molar-refractivity contribution in [3.05, 3.63) is 46.3 Å². The maximum Gasteiger partial charge on any atom is 0.250 e. The van der Waals surface area contributed by atoms with Crippen molar-refractivity contribution in [2.45, 2.75) is 78.1 Å². The summed E-state index contributed by atoms with van der Waals surface area (Å²) in [6, 6.07) is 0. The molecule has 3 fully saturated rings. The number of likely N-dealkylation sites (tertiary alicyclic amines) is 2. The number of carbonyl (C=O) groups excluding carboxylic acids is 1. The predicted molar refractivity (Wildman–Crippen MR) is 136 cm³/mol. The minimum Gasteiger partial charge on any atom is -0.497 e. The largest absolute Gasteiger partial charge is 0.497 e. The van der Waals surface area contributed by atoms with Crippen LogP contribution in [0.3, 0.4) is 0 Å². The molecule has 2 aliphatic carbocycles. The van der Waals surface area contributed by atoms with E-state index in [-0.39, 0.29) is 0 Å². The lowest BCUT2D eigenvalue weighted by molar-refractivity contribution is -0.125. The molecule has 4 heteroatoms. The fourth-order valence-electron chi connectivity index (χ4n) is 5.80. The van der Waals surface area contributed by atoms with Crippen LogP contribution in [-0.4, -0.2) is 55.5 Å². The minimum atomic E-state index is 0.299. The molecule has 0 bridgehead atoms. The normalized spacial score (nSPS) is 25.1. The van der Waals surface area contributed by atoms with Crippen molar-refractivity contribution >= 4 is 5.91 Å². The van der Waals surface area contributed by atoms with Gasteiger partial charge < -0.3 is 14.5 Å². The van der Waals surface area contributed by atoms with Crippen LogP contribution in [0.1, 0.15) is 78.1 Å². The van der Waals surface area contributed by atoms with Gasteiger partial charge in [-0.05, 0) is 120 Å². The number of piperidine rings is 1. The standard InChI is InChI=1S/C29H44N2O2/c1-22(19-23(2)27-14-18-31(29(27)32)21-25-9-10-25)20-24-11-15-30(16-12-24)17-13-26-7-5-4-6-8-28(26)33-3/h6,8,19,24-25H,4-5,7,9-18,20-21H2,1-3H3/b22-19+,27-23+. The first kappa shape index (κ1) is 24.3. The smallest absolute Gasteiger partial charge is 0.250 e. The molecule has 4 nitrogen and oxygen atoms in total. The van der Waals surface area contributed by atoms with Gasteiger partial charge in [-0.15, -0.1) is 0 Å². The number of nitrogens with zero attached hydrogens (tertiary/aromatic N) is 2. The molecule has 0 aromatic rings. The van der Waals surface area contributed by atoms with E-state index in [0.717, 1.165) is 62.1 Å². The number of rotatable bonds is 9. The Morgan fingerprint density at radius 3 is 2.61 bits per heavy atom.